The van der Waals surface area contributed by atoms with Crippen molar-refractivity contribution in [3.63, 3.8) is 0 Å². The minimum absolute atomic E-state index is 0.120. The molecule has 0 aliphatic carbocycles. The molecular formula is C25H26N4O4S. The van der Waals surface area contributed by atoms with Crippen LogP contribution in [0, 0.1) is 0 Å². The van der Waals surface area contributed by atoms with Crippen molar-refractivity contribution in [2.24, 2.45) is 0 Å². The monoisotopic (exact) mass is 478 g/mol. The second kappa shape index (κ2) is 8.04. The van der Waals surface area contributed by atoms with Gasteiger partial charge in [0, 0.05) is 30.5 Å². The minimum atomic E-state index is -0.301. The molecule has 2 aliphatic rings. The standard InChI is InChI=1S/C25H26N4O4S/c1-25(2)12-15-16(13-33-25)22(28-8-10-32-11-9-28)27-23-19(15)20-21(34-23)24(30)29(14-26-20)17-6-4-5-7-18(17)31-3/h4-7,14H,8-13H2,1-3H3. The van der Waals surface area contributed by atoms with E-state index in [0.717, 1.165) is 41.1 Å². The molecule has 6 rings (SSSR count). The lowest BCUT2D eigenvalue weighted by Crippen LogP contribution is -2.39. The van der Waals surface area contributed by atoms with Gasteiger partial charge in [-0.2, -0.15) is 0 Å². The van der Waals surface area contributed by atoms with Crippen molar-refractivity contribution < 1.29 is 14.2 Å². The zero-order valence-corrected chi connectivity index (χ0v) is 20.3. The molecule has 1 saturated heterocycles. The molecule has 0 atom stereocenters. The van der Waals surface area contributed by atoms with Gasteiger partial charge in [-0.1, -0.05) is 12.1 Å². The number of nitrogens with zero attached hydrogens (tertiary/aromatic N) is 4. The fourth-order valence-electron chi connectivity index (χ4n) is 4.88. The van der Waals surface area contributed by atoms with E-state index in [1.54, 1.807) is 18.0 Å². The van der Waals surface area contributed by atoms with Gasteiger partial charge in [0.05, 0.1) is 43.7 Å². The molecule has 0 bridgehead atoms. The quantitative estimate of drug-likeness (QED) is 0.444. The average Bonchev–Trinajstić information content (AvgIpc) is 3.23. The first-order valence-corrected chi connectivity index (χ1v) is 12.2. The first kappa shape index (κ1) is 21.5. The Morgan fingerprint density at radius 2 is 1.94 bits per heavy atom. The fraction of sp³-hybridized carbons (Fsp3) is 0.400. The van der Waals surface area contributed by atoms with Crippen LogP contribution in [0.1, 0.15) is 25.0 Å². The fourth-order valence-corrected chi connectivity index (χ4v) is 5.97. The summed E-state index contributed by atoms with van der Waals surface area (Å²) in [6.07, 6.45) is 2.34. The Labute approximate surface area is 200 Å². The number of fused-ring (bicyclic) bond motifs is 5. The van der Waals surface area contributed by atoms with Crippen molar-refractivity contribution in [1.82, 2.24) is 14.5 Å². The molecule has 1 aromatic carbocycles. The van der Waals surface area contributed by atoms with Gasteiger partial charge in [-0.3, -0.25) is 9.36 Å². The summed E-state index contributed by atoms with van der Waals surface area (Å²) in [5.41, 5.74) is 3.25. The predicted octanol–water partition coefficient (Wildman–Crippen LogP) is 3.69. The normalized spacial score (nSPS) is 17.8. The lowest BCUT2D eigenvalue weighted by atomic mass is 9.90. The summed E-state index contributed by atoms with van der Waals surface area (Å²) in [5, 5.41) is 0.979. The Balaban J connectivity index is 1.62. The Kier molecular flexibility index (Phi) is 5.09. The number of hydrogen-bond acceptors (Lipinski definition) is 8. The summed E-state index contributed by atoms with van der Waals surface area (Å²) in [7, 11) is 1.60. The number of pyridine rings is 1. The maximum Gasteiger partial charge on any atom is 0.276 e. The second-order valence-electron chi connectivity index (χ2n) is 9.27. The van der Waals surface area contributed by atoms with E-state index in [1.165, 1.54) is 16.9 Å². The van der Waals surface area contributed by atoms with E-state index in [9.17, 15) is 4.79 Å². The summed E-state index contributed by atoms with van der Waals surface area (Å²) in [6, 6.07) is 7.46. The third kappa shape index (κ3) is 3.38. The number of benzene rings is 1. The zero-order chi connectivity index (χ0) is 23.4. The highest BCUT2D eigenvalue weighted by atomic mass is 32.1. The first-order chi connectivity index (χ1) is 16.5. The molecule has 2 aliphatic heterocycles. The van der Waals surface area contributed by atoms with Crippen molar-refractivity contribution in [3.05, 3.63) is 52.1 Å². The predicted molar refractivity (Wildman–Crippen MR) is 133 cm³/mol. The second-order valence-corrected chi connectivity index (χ2v) is 10.3. The van der Waals surface area contributed by atoms with Crippen LogP contribution in [0.4, 0.5) is 5.82 Å². The number of aromatic nitrogens is 3. The highest BCUT2D eigenvalue weighted by Gasteiger charge is 2.33. The van der Waals surface area contributed by atoms with Crippen molar-refractivity contribution in [1.29, 1.82) is 0 Å². The molecule has 0 spiro atoms. The van der Waals surface area contributed by atoms with Crippen LogP contribution in [-0.2, 0) is 22.5 Å². The van der Waals surface area contributed by atoms with Crippen LogP contribution in [0.3, 0.4) is 0 Å². The van der Waals surface area contributed by atoms with E-state index < -0.39 is 0 Å². The maximum absolute atomic E-state index is 13.6. The molecule has 8 nitrogen and oxygen atoms in total. The highest BCUT2D eigenvalue weighted by molar-refractivity contribution is 7.25. The van der Waals surface area contributed by atoms with Gasteiger partial charge in [-0.05, 0) is 31.5 Å². The summed E-state index contributed by atoms with van der Waals surface area (Å²) in [5.74, 6) is 1.56. The van der Waals surface area contributed by atoms with E-state index in [1.807, 2.05) is 24.3 Å². The number of para-hydroxylation sites is 2. The molecule has 34 heavy (non-hydrogen) atoms. The number of thiophene rings is 1. The van der Waals surface area contributed by atoms with Crippen LogP contribution in [0.2, 0.25) is 0 Å². The highest BCUT2D eigenvalue weighted by Crippen LogP contribution is 2.42. The molecule has 0 saturated carbocycles. The van der Waals surface area contributed by atoms with E-state index in [2.05, 4.69) is 18.7 Å². The number of methoxy groups -OCH3 is 1. The van der Waals surface area contributed by atoms with Gasteiger partial charge < -0.3 is 19.1 Å². The Hall–Kier alpha value is -3.01. The lowest BCUT2D eigenvalue weighted by Gasteiger charge is -2.36. The van der Waals surface area contributed by atoms with Crippen molar-refractivity contribution >= 4 is 37.6 Å². The van der Waals surface area contributed by atoms with E-state index in [4.69, 9.17) is 24.2 Å². The summed E-state index contributed by atoms with van der Waals surface area (Å²) in [6.45, 7) is 7.64. The zero-order valence-electron chi connectivity index (χ0n) is 19.5. The van der Waals surface area contributed by atoms with E-state index in [0.29, 0.717) is 41.5 Å². The van der Waals surface area contributed by atoms with Crippen LogP contribution in [0.25, 0.3) is 26.1 Å². The first-order valence-electron chi connectivity index (χ1n) is 11.4. The molecule has 4 aromatic rings. The largest absolute Gasteiger partial charge is 0.495 e. The van der Waals surface area contributed by atoms with E-state index in [-0.39, 0.29) is 11.2 Å². The molecule has 1 fully saturated rings. The van der Waals surface area contributed by atoms with Crippen molar-refractivity contribution in [2.45, 2.75) is 32.5 Å². The maximum atomic E-state index is 13.6. The third-order valence-electron chi connectivity index (χ3n) is 6.59. The van der Waals surface area contributed by atoms with Gasteiger partial charge >= 0.3 is 0 Å². The van der Waals surface area contributed by atoms with Crippen LogP contribution in [0.15, 0.2) is 35.4 Å². The Morgan fingerprint density at radius 1 is 1.15 bits per heavy atom. The SMILES string of the molecule is COc1ccccc1-n1cnc2c(sc3nc(N4CCOCC4)c4c(c32)CC(C)(C)OC4)c1=O. The minimum Gasteiger partial charge on any atom is -0.495 e. The molecule has 5 heterocycles. The van der Waals surface area contributed by atoms with Gasteiger partial charge in [-0.15, -0.1) is 11.3 Å². The molecule has 0 unspecified atom stereocenters. The van der Waals surface area contributed by atoms with Gasteiger partial charge in [0.2, 0.25) is 0 Å². The van der Waals surface area contributed by atoms with Crippen LogP contribution in [0.5, 0.6) is 5.75 Å². The third-order valence-corrected chi connectivity index (χ3v) is 7.65. The topological polar surface area (TPSA) is 78.7 Å². The molecule has 0 N–H and O–H groups in total. The lowest BCUT2D eigenvalue weighted by molar-refractivity contribution is -0.0396. The molecular weight excluding hydrogens is 452 g/mol. The number of rotatable bonds is 3. The van der Waals surface area contributed by atoms with Crippen molar-refractivity contribution in [3.8, 4) is 11.4 Å². The van der Waals surface area contributed by atoms with Gasteiger partial charge in [0.15, 0.2) is 0 Å². The smallest absolute Gasteiger partial charge is 0.276 e. The molecule has 9 heteroatoms. The van der Waals surface area contributed by atoms with Gasteiger partial charge in [0.1, 0.15) is 27.4 Å². The summed E-state index contributed by atoms with van der Waals surface area (Å²) < 4.78 is 19.4. The Morgan fingerprint density at radius 3 is 2.74 bits per heavy atom. The molecule has 0 radical (unpaired) electrons. The summed E-state index contributed by atoms with van der Waals surface area (Å²) in [4.78, 5) is 26.6. The average molecular weight is 479 g/mol. The van der Waals surface area contributed by atoms with Crippen LogP contribution in [-0.4, -0.2) is 53.5 Å². The number of anilines is 1. The molecule has 176 valence electrons. The Bertz CT molecular complexity index is 1470. The number of ether oxygens (including phenoxy) is 3. The van der Waals surface area contributed by atoms with Gasteiger partial charge in [0.25, 0.3) is 5.56 Å². The number of morpholine rings is 1. The summed E-state index contributed by atoms with van der Waals surface area (Å²) >= 11 is 1.42. The van der Waals surface area contributed by atoms with E-state index >= 15 is 0 Å². The van der Waals surface area contributed by atoms with Crippen LogP contribution < -0.4 is 15.2 Å². The van der Waals surface area contributed by atoms with Crippen LogP contribution >= 0.6 is 11.3 Å². The molecule has 3 aromatic heterocycles. The van der Waals surface area contributed by atoms with Crippen molar-refractivity contribution in [2.75, 3.05) is 38.3 Å². The number of hydrogen-bond donors (Lipinski definition) is 0. The molecule has 0 amide bonds. The van der Waals surface area contributed by atoms with Gasteiger partial charge in [-0.25, -0.2) is 9.97 Å².